The van der Waals surface area contributed by atoms with Crippen molar-refractivity contribution >= 4 is 12.0 Å². The van der Waals surface area contributed by atoms with Crippen molar-refractivity contribution in [1.82, 2.24) is 5.32 Å². The summed E-state index contributed by atoms with van der Waals surface area (Å²) in [5.41, 5.74) is 0.0917. The molecular weight excluding hydrogens is 184 g/mol. The summed E-state index contributed by atoms with van der Waals surface area (Å²) >= 11 is 0. The van der Waals surface area contributed by atoms with E-state index in [1.807, 2.05) is 0 Å². The Bertz CT molecular complexity index is 228. The first-order valence-electron chi connectivity index (χ1n) is 3.35. The minimum atomic E-state index is -2.74. The van der Waals surface area contributed by atoms with Crippen molar-refractivity contribution in [3.8, 4) is 0 Å². The zero-order chi connectivity index (χ0) is 10.4. The van der Waals surface area contributed by atoms with Crippen molar-refractivity contribution in [1.29, 1.82) is 0 Å². The smallest absolute Gasteiger partial charge is 0.414 e. The minimum absolute atomic E-state index is 0.0917. The number of alkyl carbamates (subject to hydrolysis) is 1. The molecule has 2 amide bonds. The molecule has 4 nitrogen and oxygen atoms in total. The SMILES string of the molecule is C=C(C)C(=O)NC(=O)OCC(F)F. The molecule has 0 fully saturated rings. The monoisotopic (exact) mass is 193 g/mol. The second-order valence-electron chi connectivity index (χ2n) is 2.22. The number of nitrogens with one attached hydrogen (secondary N) is 1. The number of alkyl halides is 2. The molecule has 0 bridgehead atoms. The van der Waals surface area contributed by atoms with E-state index in [1.54, 1.807) is 5.32 Å². The van der Waals surface area contributed by atoms with Crippen LogP contribution in [0.25, 0.3) is 0 Å². The maximum Gasteiger partial charge on any atom is 0.414 e. The van der Waals surface area contributed by atoms with Gasteiger partial charge in [0.15, 0.2) is 6.61 Å². The van der Waals surface area contributed by atoms with Gasteiger partial charge < -0.3 is 4.74 Å². The fourth-order valence-corrected chi connectivity index (χ4v) is 0.374. The molecule has 0 saturated heterocycles. The maximum absolute atomic E-state index is 11.5. The molecule has 0 saturated carbocycles. The van der Waals surface area contributed by atoms with Gasteiger partial charge in [-0.2, -0.15) is 0 Å². The molecule has 0 aromatic carbocycles. The van der Waals surface area contributed by atoms with Crippen molar-refractivity contribution in [2.75, 3.05) is 6.61 Å². The van der Waals surface area contributed by atoms with Gasteiger partial charge in [0.2, 0.25) is 0 Å². The average molecular weight is 193 g/mol. The Hall–Kier alpha value is -1.46. The summed E-state index contributed by atoms with van der Waals surface area (Å²) in [5.74, 6) is -0.751. The normalized spacial score (nSPS) is 9.54. The van der Waals surface area contributed by atoms with Crippen molar-refractivity contribution in [2.45, 2.75) is 13.3 Å². The van der Waals surface area contributed by atoms with Gasteiger partial charge in [0, 0.05) is 5.57 Å². The number of carbonyl (C=O) groups is 2. The van der Waals surface area contributed by atoms with Gasteiger partial charge in [-0.1, -0.05) is 6.58 Å². The molecule has 0 aliphatic rings. The van der Waals surface area contributed by atoms with Gasteiger partial charge in [0.25, 0.3) is 12.3 Å². The van der Waals surface area contributed by atoms with E-state index in [9.17, 15) is 18.4 Å². The summed E-state index contributed by atoms with van der Waals surface area (Å²) in [5, 5.41) is 1.70. The Morgan fingerprint density at radius 1 is 1.54 bits per heavy atom. The first-order valence-corrected chi connectivity index (χ1v) is 3.35. The number of hydrogen-bond donors (Lipinski definition) is 1. The predicted octanol–water partition coefficient (Wildman–Crippen LogP) is 1.08. The molecule has 13 heavy (non-hydrogen) atoms. The highest BCUT2D eigenvalue weighted by Crippen LogP contribution is 1.93. The number of halogens is 2. The summed E-state index contributed by atoms with van der Waals surface area (Å²) in [6.45, 7) is 3.57. The van der Waals surface area contributed by atoms with E-state index in [-0.39, 0.29) is 5.57 Å². The van der Waals surface area contributed by atoms with Gasteiger partial charge in [-0.15, -0.1) is 0 Å². The lowest BCUT2D eigenvalue weighted by atomic mass is 10.3. The summed E-state index contributed by atoms with van der Waals surface area (Å²) in [4.78, 5) is 21.2. The molecule has 0 aliphatic carbocycles. The number of carbonyl (C=O) groups excluding carboxylic acids is 2. The molecule has 0 unspecified atom stereocenters. The lowest BCUT2D eigenvalue weighted by Gasteiger charge is -2.04. The molecule has 0 heterocycles. The lowest BCUT2D eigenvalue weighted by Crippen LogP contribution is -2.32. The van der Waals surface area contributed by atoms with Gasteiger partial charge in [0.05, 0.1) is 0 Å². The summed E-state index contributed by atoms with van der Waals surface area (Å²) in [6, 6.07) is 0. The zero-order valence-electron chi connectivity index (χ0n) is 6.97. The largest absolute Gasteiger partial charge is 0.443 e. The predicted molar refractivity (Wildman–Crippen MR) is 40.3 cm³/mol. The molecule has 0 atom stereocenters. The van der Waals surface area contributed by atoms with Crippen molar-refractivity contribution in [3.63, 3.8) is 0 Å². The molecule has 74 valence electrons. The van der Waals surface area contributed by atoms with Crippen LogP contribution in [-0.4, -0.2) is 25.0 Å². The standard InChI is InChI=1S/C7H9F2NO3/c1-4(2)6(11)10-7(12)13-3-5(8)9/h5H,1,3H2,2H3,(H,10,11,12). The van der Waals surface area contributed by atoms with Gasteiger partial charge in [-0.05, 0) is 6.92 Å². The third-order valence-electron chi connectivity index (χ3n) is 0.944. The summed E-state index contributed by atoms with van der Waals surface area (Å²) in [6.07, 6.45) is -3.95. The number of rotatable bonds is 3. The van der Waals surface area contributed by atoms with Crippen LogP contribution in [0.3, 0.4) is 0 Å². The van der Waals surface area contributed by atoms with Crippen molar-refractivity contribution < 1.29 is 23.1 Å². The Morgan fingerprint density at radius 3 is 2.46 bits per heavy atom. The van der Waals surface area contributed by atoms with Gasteiger partial charge >= 0.3 is 6.09 Å². The molecule has 6 heteroatoms. The van der Waals surface area contributed by atoms with E-state index in [4.69, 9.17) is 0 Å². The topological polar surface area (TPSA) is 55.4 Å². The van der Waals surface area contributed by atoms with Gasteiger partial charge in [-0.25, -0.2) is 13.6 Å². The number of hydrogen-bond acceptors (Lipinski definition) is 3. The van der Waals surface area contributed by atoms with Crippen LogP contribution in [0.4, 0.5) is 13.6 Å². The van der Waals surface area contributed by atoms with E-state index >= 15 is 0 Å². The van der Waals surface area contributed by atoms with E-state index in [0.29, 0.717) is 0 Å². The highest BCUT2D eigenvalue weighted by Gasteiger charge is 2.11. The van der Waals surface area contributed by atoms with E-state index in [2.05, 4.69) is 11.3 Å². The van der Waals surface area contributed by atoms with Crippen LogP contribution in [0.1, 0.15) is 6.92 Å². The fraction of sp³-hybridized carbons (Fsp3) is 0.429. The van der Waals surface area contributed by atoms with Crippen LogP contribution in [0, 0.1) is 0 Å². The van der Waals surface area contributed by atoms with Crippen LogP contribution in [-0.2, 0) is 9.53 Å². The van der Waals surface area contributed by atoms with Crippen LogP contribution < -0.4 is 5.32 Å². The molecule has 0 aliphatic heterocycles. The van der Waals surface area contributed by atoms with Crippen LogP contribution in [0.2, 0.25) is 0 Å². The van der Waals surface area contributed by atoms with Crippen LogP contribution in [0.5, 0.6) is 0 Å². The zero-order valence-corrected chi connectivity index (χ0v) is 6.97. The van der Waals surface area contributed by atoms with Gasteiger partial charge in [0.1, 0.15) is 0 Å². The van der Waals surface area contributed by atoms with Crippen molar-refractivity contribution in [2.24, 2.45) is 0 Å². The molecule has 1 N–H and O–H groups in total. The first-order chi connectivity index (χ1) is 5.93. The fourth-order valence-electron chi connectivity index (χ4n) is 0.374. The Kier molecular flexibility index (Phi) is 4.64. The maximum atomic E-state index is 11.5. The van der Waals surface area contributed by atoms with E-state index in [1.165, 1.54) is 6.92 Å². The number of imide groups is 1. The van der Waals surface area contributed by atoms with E-state index in [0.717, 1.165) is 0 Å². The van der Waals surface area contributed by atoms with Crippen molar-refractivity contribution in [3.05, 3.63) is 12.2 Å². The summed E-state index contributed by atoms with van der Waals surface area (Å²) in [7, 11) is 0. The average Bonchev–Trinajstić information content (AvgIpc) is 2.00. The van der Waals surface area contributed by atoms with E-state index < -0.39 is 25.0 Å². The highest BCUT2D eigenvalue weighted by atomic mass is 19.3. The Labute approximate surface area is 73.6 Å². The molecule has 0 spiro atoms. The number of amides is 2. The Balaban J connectivity index is 3.75. The third-order valence-corrected chi connectivity index (χ3v) is 0.944. The van der Waals surface area contributed by atoms with Crippen LogP contribution >= 0.6 is 0 Å². The Morgan fingerprint density at radius 2 is 2.08 bits per heavy atom. The second kappa shape index (κ2) is 5.23. The van der Waals surface area contributed by atoms with Gasteiger partial charge in [-0.3, -0.25) is 10.1 Å². The summed E-state index contributed by atoms with van der Waals surface area (Å²) < 4.78 is 26.9. The number of ether oxygens (including phenoxy) is 1. The molecule has 0 rings (SSSR count). The molecule has 0 radical (unpaired) electrons. The second-order valence-corrected chi connectivity index (χ2v) is 2.22. The molecular formula is C7H9F2NO3. The lowest BCUT2D eigenvalue weighted by molar-refractivity contribution is -0.116. The molecule has 0 aromatic heterocycles. The minimum Gasteiger partial charge on any atom is -0.443 e. The van der Waals surface area contributed by atoms with Crippen LogP contribution in [0.15, 0.2) is 12.2 Å². The first kappa shape index (κ1) is 11.5. The molecule has 0 aromatic rings. The highest BCUT2D eigenvalue weighted by molar-refractivity contribution is 6.01. The third kappa shape index (κ3) is 5.77. The quantitative estimate of drug-likeness (QED) is 0.682.